The van der Waals surface area contributed by atoms with Crippen molar-refractivity contribution in [3.8, 4) is 0 Å². The average Bonchev–Trinajstić information content (AvgIpc) is 3.22. The first-order valence-electron chi connectivity index (χ1n) is 10.1. The van der Waals surface area contributed by atoms with E-state index in [-0.39, 0.29) is 6.10 Å². The van der Waals surface area contributed by atoms with E-state index < -0.39 is 0 Å². The van der Waals surface area contributed by atoms with E-state index in [0.717, 1.165) is 26.2 Å². The fourth-order valence-electron chi connectivity index (χ4n) is 4.87. The zero-order valence-electron chi connectivity index (χ0n) is 15.2. The van der Waals surface area contributed by atoms with Gasteiger partial charge in [-0.05, 0) is 24.8 Å². The van der Waals surface area contributed by atoms with Gasteiger partial charge in [-0.3, -0.25) is 9.80 Å². The third-order valence-corrected chi connectivity index (χ3v) is 6.22. The van der Waals surface area contributed by atoms with Crippen LogP contribution in [-0.2, 0) is 11.3 Å². The number of benzene rings is 1. The van der Waals surface area contributed by atoms with Crippen LogP contribution in [0.5, 0.6) is 0 Å². The van der Waals surface area contributed by atoms with Crippen LogP contribution in [0.3, 0.4) is 0 Å². The summed E-state index contributed by atoms with van der Waals surface area (Å²) in [5.74, 6) is 0. The molecule has 2 saturated heterocycles. The lowest BCUT2D eigenvalue weighted by Crippen LogP contribution is -2.48. The zero-order valence-corrected chi connectivity index (χ0v) is 15.2. The van der Waals surface area contributed by atoms with Crippen molar-refractivity contribution in [2.24, 2.45) is 0 Å². The molecule has 1 aromatic carbocycles. The second-order valence-electron chi connectivity index (χ2n) is 8.16. The molecule has 3 fully saturated rings. The first kappa shape index (κ1) is 17.5. The largest absolute Gasteiger partial charge is 0.389 e. The molecule has 2 unspecified atom stereocenters. The Balaban J connectivity index is 1.19. The molecule has 0 amide bonds. The van der Waals surface area contributed by atoms with Gasteiger partial charge in [0, 0.05) is 38.3 Å². The van der Waals surface area contributed by atoms with E-state index in [1.807, 2.05) is 0 Å². The summed E-state index contributed by atoms with van der Waals surface area (Å²) in [6, 6.07) is 12.0. The summed E-state index contributed by atoms with van der Waals surface area (Å²) >= 11 is 0. The van der Waals surface area contributed by atoms with Gasteiger partial charge in [-0.2, -0.15) is 0 Å². The van der Waals surface area contributed by atoms with E-state index in [1.165, 1.54) is 44.1 Å². The second kappa shape index (κ2) is 8.17. The fraction of sp³-hybridized carbons (Fsp3) is 0.714. The van der Waals surface area contributed by atoms with Crippen LogP contribution < -0.4 is 0 Å². The molecule has 1 aliphatic carbocycles. The number of β-amino-alcohol motifs (C(OH)–C–C–N with tert-alkyl or cyclic N) is 1. The van der Waals surface area contributed by atoms with E-state index >= 15 is 0 Å². The van der Waals surface area contributed by atoms with Gasteiger partial charge in [-0.1, -0.05) is 49.6 Å². The molecule has 2 bridgehead atoms. The molecular weight excluding hydrogens is 312 g/mol. The van der Waals surface area contributed by atoms with E-state index in [4.69, 9.17) is 4.74 Å². The van der Waals surface area contributed by atoms with Crippen LogP contribution in [0.4, 0.5) is 0 Å². The quantitative estimate of drug-likeness (QED) is 0.825. The summed E-state index contributed by atoms with van der Waals surface area (Å²) in [7, 11) is 0. The maximum Gasteiger partial charge on any atom is 0.0900 e. The second-order valence-corrected chi connectivity index (χ2v) is 8.16. The van der Waals surface area contributed by atoms with Crippen LogP contribution in [-0.4, -0.2) is 65.4 Å². The van der Waals surface area contributed by atoms with Crippen LogP contribution in [0.25, 0.3) is 0 Å². The monoisotopic (exact) mass is 344 g/mol. The van der Waals surface area contributed by atoms with Crippen molar-refractivity contribution in [3.05, 3.63) is 35.9 Å². The van der Waals surface area contributed by atoms with Crippen molar-refractivity contribution in [1.82, 2.24) is 9.80 Å². The number of aliphatic hydroxyl groups excluding tert-OH is 1. The molecule has 4 rings (SSSR count). The first-order chi connectivity index (χ1) is 12.3. The minimum Gasteiger partial charge on any atom is -0.389 e. The molecule has 25 heavy (non-hydrogen) atoms. The number of rotatable bonds is 7. The Labute approximate surface area is 151 Å². The summed E-state index contributed by atoms with van der Waals surface area (Å²) in [6.07, 6.45) is 7.57. The Morgan fingerprint density at radius 2 is 1.72 bits per heavy atom. The van der Waals surface area contributed by atoms with Gasteiger partial charge in [-0.25, -0.2) is 0 Å². The van der Waals surface area contributed by atoms with E-state index in [1.54, 1.807) is 0 Å². The summed E-state index contributed by atoms with van der Waals surface area (Å²) in [5, 5.41) is 10.4. The maximum absolute atomic E-state index is 10.4. The highest BCUT2D eigenvalue weighted by molar-refractivity contribution is 5.15. The minimum absolute atomic E-state index is 0.344. The third-order valence-electron chi connectivity index (χ3n) is 6.22. The normalized spacial score (nSPS) is 29.3. The summed E-state index contributed by atoms with van der Waals surface area (Å²) in [5.41, 5.74) is 1.41. The molecule has 3 aliphatic rings. The highest BCUT2D eigenvalue weighted by atomic mass is 16.5. The molecule has 138 valence electrons. The highest BCUT2D eigenvalue weighted by Crippen LogP contribution is 2.32. The molecule has 3 atom stereocenters. The molecule has 4 nitrogen and oxygen atoms in total. The first-order valence-corrected chi connectivity index (χ1v) is 10.1. The number of hydrogen-bond donors (Lipinski definition) is 1. The minimum atomic E-state index is -0.344. The standard InChI is InChI=1S/C21H32N2O2/c24-20(16-25-21-9-5-2-6-10-21)15-23-14-18-11-19(23)13-22(18)12-17-7-3-1-4-8-17/h1,3-4,7-8,18-21,24H,2,5-6,9-16H2/t18?,19?,20-/m0/s1. The lowest BCUT2D eigenvalue weighted by Gasteiger charge is -2.35. The van der Waals surface area contributed by atoms with E-state index in [2.05, 4.69) is 40.1 Å². The van der Waals surface area contributed by atoms with E-state index in [0.29, 0.717) is 24.8 Å². The number of likely N-dealkylation sites (tertiary alicyclic amines) is 2. The summed E-state index contributed by atoms with van der Waals surface area (Å²) in [4.78, 5) is 5.10. The van der Waals surface area contributed by atoms with Crippen molar-refractivity contribution in [2.45, 2.75) is 69.4 Å². The lowest BCUT2D eigenvalue weighted by atomic mass is 9.98. The molecule has 4 heteroatoms. The molecule has 2 heterocycles. The van der Waals surface area contributed by atoms with Gasteiger partial charge in [0.1, 0.15) is 0 Å². The van der Waals surface area contributed by atoms with Crippen molar-refractivity contribution >= 4 is 0 Å². The molecule has 0 aromatic heterocycles. The van der Waals surface area contributed by atoms with Crippen LogP contribution in [0.1, 0.15) is 44.1 Å². The third kappa shape index (κ3) is 4.43. The highest BCUT2D eigenvalue weighted by Gasteiger charge is 2.43. The predicted octanol–water partition coefficient (Wildman–Crippen LogP) is 2.66. The van der Waals surface area contributed by atoms with E-state index in [9.17, 15) is 5.11 Å². The Hall–Kier alpha value is -0.940. The summed E-state index contributed by atoms with van der Waals surface area (Å²) in [6.45, 7) is 4.57. The molecular formula is C21H32N2O2. The molecule has 1 saturated carbocycles. The molecule has 2 aliphatic heterocycles. The van der Waals surface area contributed by atoms with Crippen molar-refractivity contribution in [3.63, 3.8) is 0 Å². The van der Waals surface area contributed by atoms with Gasteiger partial charge in [0.15, 0.2) is 0 Å². The van der Waals surface area contributed by atoms with Crippen LogP contribution >= 0.6 is 0 Å². The Morgan fingerprint density at radius 1 is 1.00 bits per heavy atom. The number of aliphatic hydroxyl groups is 1. The van der Waals surface area contributed by atoms with Gasteiger partial charge >= 0.3 is 0 Å². The SMILES string of the molecule is O[C@H](COC1CCCCC1)CN1CC2CC1CN2Cc1ccccc1. The molecule has 0 spiro atoms. The fourth-order valence-corrected chi connectivity index (χ4v) is 4.87. The van der Waals surface area contributed by atoms with Gasteiger partial charge in [-0.15, -0.1) is 0 Å². The van der Waals surface area contributed by atoms with Gasteiger partial charge in [0.25, 0.3) is 0 Å². The number of ether oxygens (including phenoxy) is 1. The van der Waals surface area contributed by atoms with Crippen LogP contribution in [0.2, 0.25) is 0 Å². The number of piperazine rings is 1. The van der Waals surface area contributed by atoms with Crippen LogP contribution in [0.15, 0.2) is 30.3 Å². The van der Waals surface area contributed by atoms with Gasteiger partial charge < -0.3 is 9.84 Å². The number of hydrogen-bond acceptors (Lipinski definition) is 4. The summed E-state index contributed by atoms with van der Waals surface area (Å²) < 4.78 is 5.95. The number of fused-ring (bicyclic) bond motifs is 2. The molecule has 0 radical (unpaired) electrons. The van der Waals surface area contributed by atoms with Crippen LogP contribution in [0, 0.1) is 0 Å². The average molecular weight is 344 g/mol. The van der Waals surface area contributed by atoms with Gasteiger partial charge in [0.05, 0.1) is 18.8 Å². The van der Waals surface area contributed by atoms with Crippen molar-refractivity contribution in [1.29, 1.82) is 0 Å². The Kier molecular flexibility index (Phi) is 5.71. The lowest BCUT2D eigenvalue weighted by molar-refractivity contribution is -0.0380. The zero-order chi connectivity index (χ0) is 17.1. The van der Waals surface area contributed by atoms with Crippen molar-refractivity contribution in [2.75, 3.05) is 26.2 Å². The predicted molar refractivity (Wildman–Crippen MR) is 99.4 cm³/mol. The maximum atomic E-state index is 10.4. The molecule has 1 aromatic rings. The Morgan fingerprint density at radius 3 is 2.44 bits per heavy atom. The number of nitrogens with zero attached hydrogens (tertiary/aromatic N) is 2. The van der Waals surface area contributed by atoms with Gasteiger partial charge in [0.2, 0.25) is 0 Å². The van der Waals surface area contributed by atoms with Crippen molar-refractivity contribution < 1.29 is 9.84 Å². The topological polar surface area (TPSA) is 35.9 Å². The smallest absolute Gasteiger partial charge is 0.0900 e. The molecule has 1 N–H and O–H groups in total. The Bertz CT molecular complexity index is 532.